The van der Waals surface area contributed by atoms with E-state index in [1.54, 1.807) is 12.1 Å². The average molecular weight is 589 g/mol. The number of benzene rings is 2. The second-order valence-electron chi connectivity index (χ2n) is 13.6. The molecule has 7 unspecified atom stereocenters. The van der Waals surface area contributed by atoms with Crippen molar-refractivity contribution in [2.75, 3.05) is 6.54 Å². The molecule has 6 rings (SSSR count). The van der Waals surface area contributed by atoms with Crippen LogP contribution in [0.3, 0.4) is 0 Å². The summed E-state index contributed by atoms with van der Waals surface area (Å²) in [7, 11) is 0. The number of carbonyl (C=O) groups is 1. The van der Waals surface area contributed by atoms with Crippen molar-refractivity contribution >= 4 is 5.91 Å². The van der Waals surface area contributed by atoms with E-state index >= 15 is 0 Å². The number of aliphatic hydroxyl groups is 1. The van der Waals surface area contributed by atoms with Crippen LogP contribution in [0.15, 0.2) is 48.5 Å². The molecule has 4 fully saturated rings. The zero-order chi connectivity index (χ0) is 29.9. The monoisotopic (exact) mass is 588 g/mol. The number of halogens is 4. The number of aliphatic hydroxyl groups excluding tert-OH is 1. The number of nitrogens with one attached hydrogen (secondary N) is 2. The molecule has 228 valence electrons. The van der Waals surface area contributed by atoms with Gasteiger partial charge in [-0.25, -0.2) is 4.39 Å². The van der Waals surface area contributed by atoms with Crippen molar-refractivity contribution in [3.63, 3.8) is 0 Å². The lowest BCUT2D eigenvalue weighted by molar-refractivity contribution is -0.274. The first-order valence-corrected chi connectivity index (χ1v) is 15.2. The Morgan fingerprint density at radius 1 is 0.952 bits per heavy atom. The molecular weight excluding hydrogens is 548 g/mol. The van der Waals surface area contributed by atoms with E-state index in [0.717, 1.165) is 51.5 Å². The van der Waals surface area contributed by atoms with Gasteiger partial charge in [-0.05, 0) is 115 Å². The molecule has 1 aliphatic heterocycles. The molecule has 0 bridgehead atoms. The molecule has 2 aromatic rings. The maximum Gasteiger partial charge on any atom is 0.573 e. The second kappa shape index (κ2) is 10.8. The smallest absolute Gasteiger partial charge is 0.406 e. The van der Waals surface area contributed by atoms with Crippen LogP contribution in [-0.4, -0.2) is 36.1 Å². The first kappa shape index (κ1) is 29.4. The molecule has 3 aliphatic carbocycles. The molecule has 2 aromatic carbocycles. The number of amides is 1. The van der Waals surface area contributed by atoms with Gasteiger partial charge >= 0.3 is 6.36 Å². The van der Waals surface area contributed by atoms with Gasteiger partial charge in [-0.2, -0.15) is 0 Å². The lowest BCUT2D eigenvalue weighted by atomic mass is 9.48. The highest BCUT2D eigenvalue weighted by Gasteiger charge is 2.61. The fourth-order valence-electron chi connectivity index (χ4n) is 9.29. The summed E-state index contributed by atoms with van der Waals surface area (Å²) in [5.41, 5.74) is 1.22. The minimum atomic E-state index is -4.80. The summed E-state index contributed by atoms with van der Waals surface area (Å²) in [4.78, 5) is 14.1. The number of fused-ring (bicyclic) bond motifs is 5. The second-order valence-corrected chi connectivity index (χ2v) is 13.6. The molecule has 4 aliphatic rings. The van der Waals surface area contributed by atoms with Crippen molar-refractivity contribution in [3.05, 3.63) is 65.5 Å². The molecule has 0 radical (unpaired) electrons. The van der Waals surface area contributed by atoms with Crippen molar-refractivity contribution < 1.29 is 32.2 Å². The predicted octanol–water partition coefficient (Wildman–Crippen LogP) is 6.51. The molecule has 3 saturated carbocycles. The van der Waals surface area contributed by atoms with Gasteiger partial charge in [0, 0.05) is 12.0 Å². The van der Waals surface area contributed by atoms with Crippen LogP contribution < -0.4 is 15.4 Å². The summed E-state index contributed by atoms with van der Waals surface area (Å²) < 4.78 is 55.9. The van der Waals surface area contributed by atoms with E-state index in [-0.39, 0.29) is 34.5 Å². The summed E-state index contributed by atoms with van der Waals surface area (Å²) in [6.45, 7) is 5.57. The van der Waals surface area contributed by atoms with Crippen LogP contribution in [-0.2, 0) is 4.79 Å². The first-order chi connectivity index (χ1) is 19.9. The van der Waals surface area contributed by atoms with Gasteiger partial charge in [0.2, 0.25) is 5.91 Å². The normalized spacial score (nSPS) is 36.7. The standard InChI is InChI=1S/C33H40F4N2O3/c1-31-16-14-26-24(18-38-28-17-22(40)13-15-32(26,28)2)25(31)11-12-27(31)30(41)39-29(19-3-7-21(34)8-4-19)20-5-9-23(10-6-20)42-33(35,36)37/h3-10,22,24-29,38,40H,11-18H2,1-2H3,(H,39,41)/t22?,24?,25?,26?,27?,28?,29?,31-,32+/m0/s1. The number of carbonyl (C=O) groups excluding carboxylic acids is 1. The molecule has 3 N–H and O–H groups in total. The van der Waals surface area contributed by atoms with Crippen LogP contribution in [0.25, 0.3) is 0 Å². The minimum Gasteiger partial charge on any atom is -0.406 e. The first-order valence-electron chi connectivity index (χ1n) is 15.2. The van der Waals surface area contributed by atoms with Crippen LogP contribution >= 0.6 is 0 Å². The SMILES string of the molecule is C[C@]12CCC(O)CC1NCC1C2CC[C@]2(C)C(C(=O)NC(c3ccc(F)cc3)c3ccc(OC(F)(F)F)cc3)CCC12. The molecule has 9 atom stereocenters. The highest BCUT2D eigenvalue weighted by molar-refractivity contribution is 5.81. The Balaban J connectivity index is 1.22. The van der Waals surface area contributed by atoms with Crippen LogP contribution in [0.4, 0.5) is 17.6 Å². The van der Waals surface area contributed by atoms with Gasteiger partial charge in [0.25, 0.3) is 0 Å². The van der Waals surface area contributed by atoms with E-state index in [4.69, 9.17) is 0 Å². The lowest BCUT2D eigenvalue weighted by Gasteiger charge is -2.61. The third kappa shape index (κ3) is 5.32. The summed E-state index contributed by atoms with van der Waals surface area (Å²) >= 11 is 0. The number of hydrogen-bond donors (Lipinski definition) is 3. The summed E-state index contributed by atoms with van der Waals surface area (Å²) in [5.74, 6) is 0.433. The predicted molar refractivity (Wildman–Crippen MR) is 150 cm³/mol. The van der Waals surface area contributed by atoms with E-state index in [9.17, 15) is 27.5 Å². The van der Waals surface area contributed by atoms with E-state index in [0.29, 0.717) is 34.9 Å². The third-order valence-corrected chi connectivity index (χ3v) is 11.5. The largest absolute Gasteiger partial charge is 0.573 e. The topological polar surface area (TPSA) is 70.6 Å². The molecule has 5 nitrogen and oxygen atoms in total. The molecule has 0 spiro atoms. The number of hydrogen-bond acceptors (Lipinski definition) is 4. The van der Waals surface area contributed by atoms with Crippen molar-refractivity contribution in [1.82, 2.24) is 10.6 Å². The van der Waals surface area contributed by atoms with Crippen molar-refractivity contribution in [2.24, 2.45) is 34.5 Å². The van der Waals surface area contributed by atoms with Crippen LogP contribution in [0, 0.1) is 40.3 Å². The lowest BCUT2D eigenvalue weighted by Crippen LogP contribution is -2.64. The van der Waals surface area contributed by atoms with Gasteiger partial charge in [0.15, 0.2) is 0 Å². The molecule has 42 heavy (non-hydrogen) atoms. The molecule has 0 aromatic heterocycles. The van der Waals surface area contributed by atoms with Crippen molar-refractivity contribution in [2.45, 2.75) is 83.3 Å². The molecule has 1 saturated heterocycles. The van der Waals surface area contributed by atoms with Crippen molar-refractivity contribution in [1.29, 1.82) is 0 Å². The van der Waals surface area contributed by atoms with Crippen LogP contribution in [0.2, 0.25) is 0 Å². The highest BCUT2D eigenvalue weighted by Crippen LogP contribution is 2.64. The average Bonchev–Trinajstić information content (AvgIpc) is 3.30. The quantitative estimate of drug-likeness (QED) is 0.349. The fraction of sp³-hybridized carbons (Fsp3) is 0.606. The molecule has 9 heteroatoms. The highest BCUT2D eigenvalue weighted by atomic mass is 19.4. The summed E-state index contributed by atoms with van der Waals surface area (Å²) in [6, 6.07) is 11.0. The van der Waals surface area contributed by atoms with Gasteiger partial charge in [-0.1, -0.05) is 38.1 Å². The van der Waals surface area contributed by atoms with Gasteiger partial charge < -0.3 is 20.5 Å². The summed E-state index contributed by atoms with van der Waals surface area (Å²) in [6.07, 6.45) is 1.43. The van der Waals surface area contributed by atoms with Gasteiger partial charge in [-0.3, -0.25) is 4.79 Å². The number of alkyl halides is 3. The fourth-order valence-corrected chi connectivity index (χ4v) is 9.29. The van der Waals surface area contributed by atoms with E-state index in [1.807, 2.05) is 0 Å². The Labute approximate surface area is 244 Å². The van der Waals surface area contributed by atoms with Crippen LogP contribution in [0.1, 0.15) is 76.0 Å². The summed E-state index contributed by atoms with van der Waals surface area (Å²) in [5, 5.41) is 17.3. The zero-order valence-electron chi connectivity index (χ0n) is 24.1. The van der Waals surface area contributed by atoms with E-state index in [2.05, 4.69) is 29.2 Å². The minimum absolute atomic E-state index is 0.0722. The molecule has 1 amide bonds. The Bertz CT molecular complexity index is 1290. The number of rotatable bonds is 5. The van der Waals surface area contributed by atoms with E-state index < -0.39 is 18.2 Å². The maximum absolute atomic E-state index is 14.1. The Hall–Kier alpha value is -2.65. The van der Waals surface area contributed by atoms with Crippen LogP contribution in [0.5, 0.6) is 5.75 Å². The van der Waals surface area contributed by atoms with Gasteiger partial charge in [-0.15, -0.1) is 13.2 Å². The third-order valence-electron chi connectivity index (χ3n) is 11.5. The van der Waals surface area contributed by atoms with Crippen molar-refractivity contribution in [3.8, 4) is 5.75 Å². The maximum atomic E-state index is 14.1. The number of ether oxygens (including phenoxy) is 1. The Kier molecular flexibility index (Phi) is 7.57. The molecule has 1 heterocycles. The zero-order valence-corrected chi connectivity index (χ0v) is 24.1. The van der Waals surface area contributed by atoms with Gasteiger partial charge in [0.1, 0.15) is 11.6 Å². The Morgan fingerprint density at radius 2 is 1.57 bits per heavy atom. The number of piperidine rings is 1. The van der Waals surface area contributed by atoms with E-state index in [1.165, 1.54) is 36.4 Å². The van der Waals surface area contributed by atoms with Gasteiger partial charge in [0.05, 0.1) is 12.1 Å². The molecular formula is C33H40F4N2O3. The Morgan fingerprint density at radius 3 is 2.24 bits per heavy atom.